The summed E-state index contributed by atoms with van der Waals surface area (Å²) >= 11 is 0. The van der Waals surface area contributed by atoms with E-state index in [-0.39, 0.29) is 5.82 Å². The van der Waals surface area contributed by atoms with Crippen LogP contribution in [-0.4, -0.2) is 22.1 Å². The molecule has 1 aromatic heterocycles. The van der Waals surface area contributed by atoms with Crippen LogP contribution in [0, 0.1) is 6.92 Å². The van der Waals surface area contributed by atoms with Gasteiger partial charge in [0, 0.05) is 6.20 Å². The monoisotopic (exact) mass is 262 g/mol. The Morgan fingerprint density at radius 2 is 1.53 bits per heavy atom. The third kappa shape index (κ3) is 2.18. The Morgan fingerprint density at radius 1 is 1.00 bits per heavy atom. The van der Waals surface area contributed by atoms with Crippen molar-refractivity contribution in [1.82, 2.24) is 9.97 Å². The minimum atomic E-state index is -6.37. The maximum Gasteiger partial charge on any atom is 0.460 e. The summed E-state index contributed by atoms with van der Waals surface area (Å²) < 4.78 is 86.8. The summed E-state index contributed by atoms with van der Waals surface area (Å²) in [7, 11) is 0. The van der Waals surface area contributed by atoms with Crippen molar-refractivity contribution < 1.29 is 30.7 Å². The predicted molar refractivity (Wildman–Crippen MR) is 41.7 cm³/mol. The number of halogens is 7. The van der Waals surface area contributed by atoms with Crippen molar-refractivity contribution >= 4 is 0 Å². The highest BCUT2D eigenvalue weighted by Crippen LogP contribution is 2.51. The van der Waals surface area contributed by atoms with Gasteiger partial charge >= 0.3 is 18.0 Å². The first-order chi connectivity index (χ1) is 7.50. The molecule has 0 N–H and O–H groups in total. The van der Waals surface area contributed by atoms with Crippen molar-refractivity contribution in [3.05, 3.63) is 23.8 Å². The van der Waals surface area contributed by atoms with Crippen LogP contribution in [0.25, 0.3) is 0 Å². The first kappa shape index (κ1) is 13.7. The lowest BCUT2D eigenvalue weighted by atomic mass is 10.1. The lowest BCUT2D eigenvalue weighted by Gasteiger charge is -2.27. The van der Waals surface area contributed by atoms with Crippen LogP contribution in [0.5, 0.6) is 0 Å². The Hall–Kier alpha value is -1.41. The normalized spacial score (nSPS) is 13.9. The van der Waals surface area contributed by atoms with E-state index in [1.807, 2.05) is 0 Å². The van der Waals surface area contributed by atoms with E-state index in [4.69, 9.17) is 0 Å². The molecule has 0 saturated carbocycles. The molecule has 1 heterocycles. The molecule has 0 atom stereocenters. The van der Waals surface area contributed by atoms with E-state index in [0.717, 1.165) is 6.92 Å². The second-order valence-corrected chi connectivity index (χ2v) is 3.14. The summed E-state index contributed by atoms with van der Waals surface area (Å²) in [5.41, 5.74) is -1.67. The summed E-state index contributed by atoms with van der Waals surface area (Å²) in [6, 6.07) is 0.312. The molecule has 0 aliphatic heterocycles. The smallest absolute Gasteiger partial charge is 0.242 e. The number of hydrogen-bond donors (Lipinski definition) is 0. The average molecular weight is 262 g/mol. The standard InChI is InChI=1S/C8H5F7N2/c1-4-16-3-2-5(17-4)6(9,10)7(11,12)8(13,14)15/h2-3H,1H3. The van der Waals surface area contributed by atoms with Crippen LogP contribution >= 0.6 is 0 Å². The highest BCUT2D eigenvalue weighted by atomic mass is 19.4. The molecule has 1 aromatic rings. The van der Waals surface area contributed by atoms with E-state index in [2.05, 4.69) is 9.97 Å². The molecular formula is C8H5F7N2. The molecule has 2 nitrogen and oxygen atoms in total. The maximum absolute atomic E-state index is 13.0. The van der Waals surface area contributed by atoms with Crippen molar-refractivity contribution in [2.75, 3.05) is 0 Å². The molecule has 0 unspecified atom stereocenters. The topological polar surface area (TPSA) is 25.8 Å². The van der Waals surface area contributed by atoms with Gasteiger partial charge in [0.15, 0.2) is 0 Å². The van der Waals surface area contributed by atoms with E-state index in [1.165, 1.54) is 0 Å². The maximum atomic E-state index is 13.0. The largest absolute Gasteiger partial charge is 0.460 e. The van der Waals surface area contributed by atoms with E-state index in [9.17, 15) is 30.7 Å². The minimum absolute atomic E-state index is 0.312. The minimum Gasteiger partial charge on any atom is -0.242 e. The van der Waals surface area contributed by atoms with Gasteiger partial charge in [-0.05, 0) is 13.0 Å². The third-order valence-electron chi connectivity index (χ3n) is 1.85. The zero-order chi connectivity index (χ0) is 13.5. The SMILES string of the molecule is Cc1nccc(C(F)(F)C(F)(F)C(F)(F)F)n1. The Kier molecular flexibility index (Phi) is 3.06. The van der Waals surface area contributed by atoms with E-state index in [1.54, 1.807) is 0 Å². The van der Waals surface area contributed by atoms with Gasteiger partial charge < -0.3 is 0 Å². The second kappa shape index (κ2) is 3.81. The van der Waals surface area contributed by atoms with Crippen LogP contribution in [0.4, 0.5) is 30.7 Å². The van der Waals surface area contributed by atoms with Crippen LogP contribution in [0.3, 0.4) is 0 Å². The highest BCUT2D eigenvalue weighted by Gasteiger charge is 2.74. The summed E-state index contributed by atoms with van der Waals surface area (Å²) in [5, 5.41) is 0. The number of alkyl halides is 7. The number of aromatic nitrogens is 2. The second-order valence-electron chi connectivity index (χ2n) is 3.14. The lowest BCUT2D eigenvalue weighted by Crippen LogP contribution is -2.50. The molecule has 1 rings (SSSR count). The van der Waals surface area contributed by atoms with Gasteiger partial charge in [-0.2, -0.15) is 30.7 Å². The van der Waals surface area contributed by atoms with Gasteiger partial charge in [-0.1, -0.05) is 0 Å². The molecule has 0 amide bonds. The zero-order valence-electron chi connectivity index (χ0n) is 8.19. The van der Waals surface area contributed by atoms with Crippen LogP contribution in [0.2, 0.25) is 0 Å². The number of rotatable bonds is 2. The molecule has 0 aliphatic carbocycles. The van der Waals surface area contributed by atoms with Crippen molar-refractivity contribution in [2.45, 2.75) is 24.9 Å². The quantitative estimate of drug-likeness (QED) is 0.765. The molecule has 17 heavy (non-hydrogen) atoms. The Balaban J connectivity index is 3.28. The van der Waals surface area contributed by atoms with Gasteiger partial charge in [0.05, 0.1) is 0 Å². The molecule has 0 spiro atoms. The van der Waals surface area contributed by atoms with Gasteiger partial charge in [0.25, 0.3) is 0 Å². The molecule has 9 heteroatoms. The van der Waals surface area contributed by atoms with Crippen molar-refractivity contribution in [1.29, 1.82) is 0 Å². The van der Waals surface area contributed by atoms with Crippen molar-refractivity contribution in [3.8, 4) is 0 Å². The summed E-state index contributed by atoms with van der Waals surface area (Å²) in [4.78, 5) is 6.21. The summed E-state index contributed by atoms with van der Waals surface area (Å²) in [5.74, 6) is -12.0. The number of hydrogen-bond acceptors (Lipinski definition) is 2. The van der Waals surface area contributed by atoms with Crippen LogP contribution < -0.4 is 0 Å². The number of nitrogens with zero attached hydrogens (tertiary/aromatic N) is 2. The lowest BCUT2D eigenvalue weighted by molar-refractivity contribution is -0.360. The first-order valence-corrected chi connectivity index (χ1v) is 4.12. The van der Waals surface area contributed by atoms with E-state index in [0.29, 0.717) is 12.3 Å². The number of aryl methyl sites for hydroxylation is 1. The molecule has 96 valence electrons. The molecular weight excluding hydrogens is 257 g/mol. The Bertz CT molecular complexity index is 413. The van der Waals surface area contributed by atoms with Gasteiger partial charge in [0.2, 0.25) is 0 Å². The van der Waals surface area contributed by atoms with Crippen LogP contribution in [0.1, 0.15) is 11.5 Å². The van der Waals surface area contributed by atoms with Gasteiger partial charge in [-0.3, -0.25) is 0 Å². The Morgan fingerprint density at radius 3 is 1.94 bits per heavy atom. The molecule has 0 saturated heterocycles. The van der Waals surface area contributed by atoms with Gasteiger partial charge in [0.1, 0.15) is 11.5 Å². The van der Waals surface area contributed by atoms with Crippen molar-refractivity contribution in [2.24, 2.45) is 0 Å². The highest BCUT2D eigenvalue weighted by molar-refractivity contribution is 5.14. The van der Waals surface area contributed by atoms with Crippen LogP contribution in [0.15, 0.2) is 12.3 Å². The molecule has 0 bridgehead atoms. The zero-order valence-corrected chi connectivity index (χ0v) is 8.19. The summed E-state index contributed by atoms with van der Waals surface area (Å²) in [6.45, 7) is 1.09. The molecule has 0 aromatic carbocycles. The fourth-order valence-corrected chi connectivity index (χ4v) is 0.970. The first-order valence-electron chi connectivity index (χ1n) is 4.12. The molecule has 0 aliphatic rings. The fourth-order valence-electron chi connectivity index (χ4n) is 0.970. The Labute approximate surface area is 90.5 Å². The predicted octanol–water partition coefficient (Wildman–Crippen LogP) is 3.07. The fraction of sp³-hybridized carbons (Fsp3) is 0.500. The van der Waals surface area contributed by atoms with Crippen LogP contribution in [-0.2, 0) is 5.92 Å². The third-order valence-corrected chi connectivity index (χ3v) is 1.85. The molecule has 0 fully saturated rings. The van der Waals surface area contributed by atoms with E-state index < -0.39 is 23.7 Å². The molecule has 0 radical (unpaired) electrons. The van der Waals surface area contributed by atoms with Crippen molar-refractivity contribution in [3.63, 3.8) is 0 Å². The van der Waals surface area contributed by atoms with E-state index >= 15 is 0 Å². The average Bonchev–Trinajstić information content (AvgIpc) is 2.15. The van der Waals surface area contributed by atoms with Gasteiger partial charge in [-0.15, -0.1) is 0 Å². The summed E-state index contributed by atoms with van der Waals surface area (Å²) in [6.07, 6.45) is -5.69. The van der Waals surface area contributed by atoms with Gasteiger partial charge in [-0.25, -0.2) is 9.97 Å².